The van der Waals surface area contributed by atoms with Crippen molar-refractivity contribution in [2.75, 3.05) is 5.32 Å². The van der Waals surface area contributed by atoms with Crippen molar-refractivity contribution in [2.24, 2.45) is 0 Å². The summed E-state index contributed by atoms with van der Waals surface area (Å²) in [5.74, 6) is -0.228. The number of phenolic OH excluding ortho intramolecular Hbond substituents is 1. The highest BCUT2D eigenvalue weighted by Gasteiger charge is 2.09. The van der Waals surface area contributed by atoms with Crippen LogP contribution in [0, 0.1) is 6.92 Å². The molecule has 0 aliphatic rings. The lowest BCUT2D eigenvalue weighted by Crippen LogP contribution is -2.15. The van der Waals surface area contributed by atoms with Gasteiger partial charge < -0.3 is 15.4 Å². The molecule has 92 valence electrons. The zero-order chi connectivity index (χ0) is 13.1. The molecule has 0 bridgehead atoms. The molecule has 2 aromatic rings. The maximum Gasteiger partial charge on any atom is 0.257 e. The van der Waals surface area contributed by atoms with Gasteiger partial charge in [0.2, 0.25) is 5.56 Å². The number of pyridine rings is 1. The van der Waals surface area contributed by atoms with Gasteiger partial charge in [0.25, 0.3) is 5.91 Å². The van der Waals surface area contributed by atoms with Gasteiger partial charge in [0.1, 0.15) is 5.75 Å². The van der Waals surface area contributed by atoms with E-state index in [4.69, 9.17) is 0 Å². The van der Waals surface area contributed by atoms with E-state index in [2.05, 4.69) is 10.3 Å². The normalized spacial score (nSPS) is 10.1. The number of phenols is 1. The first-order valence-corrected chi connectivity index (χ1v) is 5.36. The molecule has 0 fully saturated rings. The van der Waals surface area contributed by atoms with Crippen molar-refractivity contribution in [1.29, 1.82) is 0 Å². The Kier molecular flexibility index (Phi) is 3.14. The molecule has 1 aromatic heterocycles. The zero-order valence-corrected chi connectivity index (χ0v) is 9.73. The molecule has 0 saturated heterocycles. The molecule has 1 heterocycles. The maximum absolute atomic E-state index is 11.9. The Bertz CT molecular complexity index is 626. The maximum atomic E-state index is 11.9. The van der Waals surface area contributed by atoms with Crippen LogP contribution < -0.4 is 10.9 Å². The number of aromatic hydroxyl groups is 1. The van der Waals surface area contributed by atoms with Crippen LogP contribution in [-0.4, -0.2) is 16.0 Å². The standard InChI is InChI=1S/C13H12N2O3/c1-8-10(3-2-4-11(8)16)15-13(18)9-5-6-12(17)14-7-9/h2-7,16H,1H3,(H,14,17)(H,15,18). The van der Waals surface area contributed by atoms with Crippen molar-refractivity contribution in [3.8, 4) is 5.75 Å². The molecule has 1 aromatic carbocycles. The molecule has 1 amide bonds. The fourth-order valence-electron chi connectivity index (χ4n) is 1.51. The highest BCUT2D eigenvalue weighted by Crippen LogP contribution is 2.24. The van der Waals surface area contributed by atoms with E-state index < -0.39 is 0 Å². The van der Waals surface area contributed by atoms with E-state index in [1.165, 1.54) is 18.3 Å². The van der Waals surface area contributed by atoms with Crippen molar-refractivity contribution in [1.82, 2.24) is 4.98 Å². The summed E-state index contributed by atoms with van der Waals surface area (Å²) in [5.41, 5.74) is 1.21. The third-order valence-corrected chi connectivity index (χ3v) is 2.60. The van der Waals surface area contributed by atoms with Crippen molar-refractivity contribution in [3.63, 3.8) is 0 Å². The van der Waals surface area contributed by atoms with E-state index in [1.807, 2.05) is 0 Å². The summed E-state index contributed by atoms with van der Waals surface area (Å²) in [6.07, 6.45) is 1.34. The summed E-state index contributed by atoms with van der Waals surface area (Å²) in [7, 11) is 0. The number of benzene rings is 1. The third-order valence-electron chi connectivity index (χ3n) is 2.60. The lowest BCUT2D eigenvalue weighted by molar-refractivity contribution is 0.102. The third kappa shape index (κ3) is 2.40. The summed E-state index contributed by atoms with van der Waals surface area (Å²) < 4.78 is 0. The second-order valence-electron chi connectivity index (χ2n) is 3.85. The molecular formula is C13H12N2O3. The molecule has 0 atom stereocenters. The first-order valence-electron chi connectivity index (χ1n) is 5.36. The quantitative estimate of drug-likeness (QED) is 0.751. The van der Waals surface area contributed by atoms with Gasteiger partial charge in [-0.05, 0) is 25.1 Å². The van der Waals surface area contributed by atoms with E-state index >= 15 is 0 Å². The summed E-state index contributed by atoms with van der Waals surface area (Å²) in [4.78, 5) is 25.2. The van der Waals surface area contributed by atoms with Gasteiger partial charge in [0.15, 0.2) is 0 Å². The molecule has 0 aliphatic carbocycles. The van der Waals surface area contributed by atoms with E-state index in [0.29, 0.717) is 16.8 Å². The first kappa shape index (κ1) is 11.9. The van der Waals surface area contributed by atoms with Crippen molar-refractivity contribution < 1.29 is 9.90 Å². The highest BCUT2D eigenvalue weighted by atomic mass is 16.3. The van der Waals surface area contributed by atoms with Gasteiger partial charge in [-0.15, -0.1) is 0 Å². The van der Waals surface area contributed by atoms with Crippen LogP contribution in [-0.2, 0) is 0 Å². The van der Waals surface area contributed by atoms with Crippen LogP contribution in [0.5, 0.6) is 5.75 Å². The van der Waals surface area contributed by atoms with Gasteiger partial charge in [0, 0.05) is 23.5 Å². The molecule has 2 rings (SSSR count). The zero-order valence-electron chi connectivity index (χ0n) is 9.73. The molecule has 5 nitrogen and oxygen atoms in total. The summed E-state index contributed by atoms with van der Waals surface area (Å²) in [6, 6.07) is 7.60. The fraction of sp³-hybridized carbons (Fsp3) is 0.0769. The van der Waals surface area contributed by atoms with Crippen LogP contribution in [0.2, 0.25) is 0 Å². The first-order chi connectivity index (χ1) is 8.58. The summed E-state index contributed by atoms with van der Waals surface area (Å²) >= 11 is 0. The molecule has 0 unspecified atom stereocenters. The number of carbonyl (C=O) groups is 1. The van der Waals surface area contributed by atoms with Gasteiger partial charge in [-0.25, -0.2) is 0 Å². The molecule has 0 radical (unpaired) electrons. The van der Waals surface area contributed by atoms with Gasteiger partial charge in [-0.2, -0.15) is 0 Å². The van der Waals surface area contributed by atoms with Crippen LogP contribution in [0.15, 0.2) is 41.3 Å². The lowest BCUT2D eigenvalue weighted by atomic mass is 10.1. The number of anilines is 1. The number of rotatable bonds is 2. The monoisotopic (exact) mass is 244 g/mol. The lowest BCUT2D eigenvalue weighted by Gasteiger charge is -2.09. The smallest absolute Gasteiger partial charge is 0.257 e. The Morgan fingerprint density at radius 3 is 2.72 bits per heavy atom. The van der Waals surface area contributed by atoms with E-state index in [0.717, 1.165) is 0 Å². The molecule has 3 N–H and O–H groups in total. The van der Waals surface area contributed by atoms with Crippen molar-refractivity contribution in [2.45, 2.75) is 6.92 Å². The summed E-state index contributed by atoms with van der Waals surface area (Å²) in [6.45, 7) is 1.71. The Morgan fingerprint density at radius 2 is 2.06 bits per heavy atom. The number of carbonyl (C=O) groups excluding carboxylic acids is 1. The number of H-pyrrole nitrogens is 1. The fourth-order valence-corrected chi connectivity index (χ4v) is 1.51. The van der Waals surface area contributed by atoms with Gasteiger partial charge in [0.05, 0.1) is 5.56 Å². The van der Waals surface area contributed by atoms with Gasteiger partial charge in [-0.1, -0.05) is 6.07 Å². The number of amides is 1. The Labute approximate surface area is 103 Å². The number of aromatic amines is 1. The molecule has 0 spiro atoms. The van der Waals surface area contributed by atoms with Crippen molar-refractivity contribution >= 4 is 11.6 Å². The molecule has 5 heteroatoms. The van der Waals surface area contributed by atoms with Crippen LogP contribution >= 0.6 is 0 Å². The Morgan fingerprint density at radius 1 is 1.28 bits per heavy atom. The number of hydrogen-bond donors (Lipinski definition) is 3. The van der Waals surface area contributed by atoms with Crippen molar-refractivity contribution in [3.05, 3.63) is 58.0 Å². The SMILES string of the molecule is Cc1c(O)cccc1NC(=O)c1ccc(=O)[nH]c1. The minimum absolute atomic E-state index is 0.120. The van der Waals surface area contributed by atoms with Crippen LogP contribution in [0.3, 0.4) is 0 Å². The summed E-state index contributed by atoms with van der Waals surface area (Å²) in [5, 5.41) is 12.2. The van der Waals surface area contributed by atoms with E-state index in [1.54, 1.807) is 25.1 Å². The average Bonchev–Trinajstić information content (AvgIpc) is 2.36. The molecule has 0 aliphatic heterocycles. The molecule has 18 heavy (non-hydrogen) atoms. The van der Waals surface area contributed by atoms with Gasteiger partial charge in [-0.3, -0.25) is 9.59 Å². The van der Waals surface area contributed by atoms with Crippen LogP contribution in [0.25, 0.3) is 0 Å². The number of hydrogen-bond acceptors (Lipinski definition) is 3. The second-order valence-corrected chi connectivity index (χ2v) is 3.85. The predicted octanol–water partition coefficient (Wildman–Crippen LogP) is 1.64. The van der Waals surface area contributed by atoms with Crippen LogP contribution in [0.1, 0.15) is 15.9 Å². The van der Waals surface area contributed by atoms with E-state index in [-0.39, 0.29) is 17.2 Å². The molecular weight excluding hydrogens is 232 g/mol. The van der Waals surface area contributed by atoms with E-state index in [9.17, 15) is 14.7 Å². The van der Waals surface area contributed by atoms with Gasteiger partial charge >= 0.3 is 0 Å². The minimum atomic E-state index is -0.347. The minimum Gasteiger partial charge on any atom is -0.508 e. The van der Waals surface area contributed by atoms with Crippen LogP contribution in [0.4, 0.5) is 5.69 Å². The largest absolute Gasteiger partial charge is 0.508 e. The predicted molar refractivity (Wildman–Crippen MR) is 67.9 cm³/mol. The Hall–Kier alpha value is -2.56. The second kappa shape index (κ2) is 4.75. The number of aromatic nitrogens is 1. The highest BCUT2D eigenvalue weighted by molar-refractivity contribution is 6.04. The topological polar surface area (TPSA) is 82.2 Å². The number of nitrogens with one attached hydrogen (secondary N) is 2. The average molecular weight is 244 g/mol. The Balaban J connectivity index is 2.24. The molecule has 0 saturated carbocycles.